The zero-order valence-electron chi connectivity index (χ0n) is 14.8. The van der Waals surface area contributed by atoms with Gasteiger partial charge in [-0.15, -0.1) is 0 Å². The number of nitrogens with one attached hydrogen (secondary N) is 1. The molecule has 1 aromatic carbocycles. The van der Waals surface area contributed by atoms with Crippen molar-refractivity contribution in [1.82, 2.24) is 10.2 Å². The molecule has 1 N–H and O–H groups in total. The standard InChI is InChI=1S/C19H29N3O2/c1-15-5-3-6-16(13-15)8-9-21-19(20-2)22-10-12-24-18(14-22)17-7-4-11-23-17/h3,5-6,13,17-18H,4,7-12,14H2,1-2H3,(H,20,21). The molecule has 5 nitrogen and oxygen atoms in total. The van der Waals surface area contributed by atoms with E-state index in [4.69, 9.17) is 9.47 Å². The normalized spacial score (nSPS) is 25.1. The van der Waals surface area contributed by atoms with Crippen molar-refractivity contribution < 1.29 is 9.47 Å². The Kier molecular flexibility index (Phi) is 6.10. The third-order valence-electron chi connectivity index (χ3n) is 4.76. The zero-order chi connectivity index (χ0) is 16.8. The minimum absolute atomic E-state index is 0.163. The lowest BCUT2D eigenvalue weighted by atomic mass is 10.1. The molecule has 2 heterocycles. The first kappa shape index (κ1) is 17.2. The number of rotatable bonds is 4. The number of aryl methyl sites for hydroxylation is 1. The molecule has 2 fully saturated rings. The van der Waals surface area contributed by atoms with E-state index in [-0.39, 0.29) is 12.2 Å². The summed E-state index contributed by atoms with van der Waals surface area (Å²) in [6.07, 6.45) is 3.67. The first-order chi connectivity index (χ1) is 11.8. The molecule has 0 spiro atoms. The Morgan fingerprint density at radius 3 is 2.92 bits per heavy atom. The molecule has 2 saturated heterocycles. The Hall–Kier alpha value is -1.59. The molecule has 0 radical (unpaired) electrons. The first-order valence-electron chi connectivity index (χ1n) is 9.00. The minimum Gasteiger partial charge on any atom is -0.375 e. The summed E-state index contributed by atoms with van der Waals surface area (Å²) in [4.78, 5) is 6.75. The minimum atomic E-state index is 0.163. The van der Waals surface area contributed by atoms with Gasteiger partial charge >= 0.3 is 0 Å². The smallest absolute Gasteiger partial charge is 0.193 e. The molecular formula is C19H29N3O2. The quantitative estimate of drug-likeness (QED) is 0.677. The van der Waals surface area contributed by atoms with E-state index in [2.05, 4.69) is 46.4 Å². The Bertz CT molecular complexity index is 555. The van der Waals surface area contributed by atoms with E-state index in [1.54, 1.807) is 0 Å². The molecule has 1 aromatic rings. The van der Waals surface area contributed by atoms with E-state index in [1.807, 2.05) is 7.05 Å². The highest BCUT2D eigenvalue weighted by Crippen LogP contribution is 2.21. The monoisotopic (exact) mass is 331 g/mol. The average molecular weight is 331 g/mol. The maximum Gasteiger partial charge on any atom is 0.193 e. The van der Waals surface area contributed by atoms with Gasteiger partial charge < -0.3 is 19.7 Å². The zero-order valence-corrected chi connectivity index (χ0v) is 14.8. The predicted molar refractivity (Wildman–Crippen MR) is 96.5 cm³/mol. The third-order valence-corrected chi connectivity index (χ3v) is 4.76. The maximum absolute atomic E-state index is 5.92. The highest BCUT2D eigenvalue weighted by atomic mass is 16.5. The van der Waals surface area contributed by atoms with Crippen LogP contribution in [0.15, 0.2) is 29.3 Å². The summed E-state index contributed by atoms with van der Waals surface area (Å²) in [5.74, 6) is 0.967. The second kappa shape index (κ2) is 8.49. The fourth-order valence-corrected chi connectivity index (χ4v) is 3.51. The van der Waals surface area contributed by atoms with Crippen molar-refractivity contribution in [3.05, 3.63) is 35.4 Å². The number of hydrogen-bond donors (Lipinski definition) is 1. The maximum atomic E-state index is 5.92. The van der Waals surface area contributed by atoms with Gasteiger partial charge in [-0.1, -0.05) is 29.8 Å². The second-order valence-corrected chi connectivity index (χ2v) is 6.62. The van der Waals surface area contributed by atoms with Crippen molar-refractivity contribution in [1.29, 1.82) is 0 Å². The van der Waals surface area contributed by atoms with Gasteiger partial charge in [-0.2, -0.15) is 0 Å². The number of benzene rings is 1. The summed E-state index contributed by atoms with van der Waals surface area (Å²) < 4.78 is 11.7. The van der Waals surface area contributed by atoms with Crippen molar-refractivity contribution in [2.24, 2.45) is 4.99 Å². The average Bonchev–Trinajstić information content (AvgIpc) is 3.14. The summed E-state index contributed by atoms with van der Waals surface area (Å²) in [5, 5.41) is 3.50. The predicted octanol–water partition coefficient (Wildman–Crippen LogP) is 1.99. The van der Waals surface area contributed by atoms with Crippen LogP contribution in [-0.4, -0.2) is 63.0 Å². The van der Waals surface area contributed by atoms with E-state index in [0.29, 0.717) is 0 Å². The van der Waals surface area contributed by atoms with Crippen molar-refractivity contribution in [2.45, 2.75) is 38.4 Å². The molecule has 0 aromatic heterocycles. The lowest BCUT2D eigenvalue weighted by molar-refractivity contribution is -0.0816. The van der Waals surface area contributed by atoms with Gasteiger partial charge in [0.05, 0.1) is 12.7 Å². The van der Waals surface area contributed by atoms with E-state index in [1.165, 1.54) is 11.1 Å². The van der Waals surface area contributed by atoms with Crippen LogP contribution in [0.3, 0.4) is 0 Å². The van der Waals surface area contributed by atoms with E-state index < -0.39 is 0 Å². The number of morpholine rings is 1. The van der Waals surface area contributed by atoms with E-state index in [9.17, 15) is 0 Å². The van der Waals surface area contributed by atoms with Crippen molar-refractivity contribution in [3.8, 4) is 0 Å². The molecule has 3 rings (SSSR count). The number of guanidine groups is 1. The van der Waals surface area contributed by atoms with Gasteiger partial charge in [0.2, 0.25) is 0 Å². The number of nitrogens with zero attached hydrogens (tertiary/aromatic N) is 2. The van der Waals surface area contributed by atoms with Gasteiger partial charge in [-0.25, -0.2) is 0 Å². The van der Waals surface area contributed by atoms with Crippen LogP contribution in [0.2, 0.25) is 0 Å². The van der Waals surface area contributed by atoms with Crippen molar-refractivity contribution in [3.63, 3.8) is 0 Å². The van der Waals surface area contributed by atoms with Crippen LogP contribution in [0.1, 0.15) is 24.0 Å². The molecule has 0 amide bonds. The largest absolute Gasteiger partial charge is 0.375 e. The Labute approximate surface area is 145 Å². The van der Waals surface area contributed by atoms with Crippen LogP contribution in [0.5, 0.6) is 0 Å². The van der Waals surface area contributed by atoms with Gasteiger partial charge in [0.15, 0.2) is 5.96 Å². The lowest BCUT2D eigenvalue weighted by Gasteiger charge is -2.37. The number of aliphatic imine (C=N–C) groups is 1. The molecule has 2 aliphatic rings. The van der Waals surface area contributed by atoms with Gasteiger partial charge in [0.1, 0.15) is 6.10 Å². The van der Waals surface area contributed by atoms with Crippen molar-refractivity contribution >= 4 is 5.96 Å². The molecule has 2 unspecified atom stereocenters. The molecule has 0 saturated carbocycles. The highest BCUT2D eigenvalue weighted by molar-refractivity contribution is 5.80. The third kappa shape index (κ3) is 4.48. The van der Waals surface area contributed by atoms with Gasteiger partial charge in [-0.3, -0.25) is 4.99 Å². The fraction of sp³-hybridized carbons (Fsp3) is 0.632. The van der Waals surface area contributed by atoms with Gasteiger partial charge in [0.25, 0.3) is 0 Å². The molecular weight excluding hydrogens is 302 g/mol. The summed E-state index contributed by atoms with van der Waals surface area (Å²) in [6, 6.07) is 8.68. The van der Waals surface area contributed by atoms with Gasteiger partial charge in [0, 0.05) is 33.3 Å². The van der Waals surface area contributed by atoms with Crippen molar-refractivity contribution in [2.75, 3.05) is 39.9 Å². The van der Waals surface area contributed by atoms with E-state index in [0.717, 1.165) is 58.1 Å². The summed E-state index contributed by atoms with van der Waals surface area (Å²) >= 11 is 0. The molecule has 2 aliphatic heterocycles. The van der Waals surface area contributed by atoms with Crippen LogP contribution < -0.4 is 5.32 Å². The molecule has 0 bridgehead atoms. The SMILES string of the molecule is CN=C(NCCc1cccc(C)c1)N1CCOC(C2CCCO2)C1. The molecule has 5 heteroatoms. The second-order valence-electron chi connectivity index (χ2n) is 6.62. The van der Waals surface area contributed by atoms with Crippen LogP contribution in [0.4, 0.5) is 0 Å². The molecule has 24 heavy (non-hydrogen) atoms. The Morgan fingerprint density at radius 1 is 1.29 bits per heavy atom. The first-order valence-corrected chi connectivity index (χ1v) is 9.00. The van der Waals surface area contributed by atoms with Crippen LogP contribution in [0, 0.1) is 6.92 Å². The van der Waals surface area contributed by atoms with Gasteiger partial charge in [-0.05, 0) is 31.7 Å². The topological polar surface area (TPSA) is 46.1 Å². The summed E-state index contributed by atoms with van der Waals surface area (Å²) in [7, 11) is 1.85. The highest BCUT2D eigenvalue weighted by Gasteiger charge is 2.32. The number of hydrogen-bond acceptors (Lipinski definition) is 3. The van der Waals surface area contributed by atoms with Crippen LogP contribution in [-0.2, 0) is 15.9 Å². The molecule has 2 atom stereocenters. The fourth-order valence-electron chi connectivity index (χ4n) is 3.51. The molecule has 0 aliphatic carbocycles. The van der Waals surface area contributed by atoms with Crippen LogP contribution in [0.25, 0.3) is 0 Å². The Balaban J connectivity index is 1.50. The number of ether oxygens (including phenoxy) is 2. The molecule has 132 valence electrons. The van der Waals surface area contributed by atoms with Crippen LogP contribution >= 0.6 is 0 Å². The summed E-state index contributed by atoms with van der Waals surface area (Å²) in [5.41, 5.74) is 2.67. The van der Waals surface area contributed by atoms with E-state index >= 15 is 0 Å². The summed E-state index contributed by atoms with van der Waals surface area (Å²) in [6.45, 7) is 6.37. The lowest BCUT2D eigenvalue weighted by Crippen LogP contribution is -2.53. The Morgan fingerprint density at radius 2 is 2.17 bits per heavy atom.